The van der Waals surface area contributed by atoms with Crippen LogP contribution in [0.3, 0.4) is 0 Å². The third-order valence-electron chi connectivity index (χ3n) is 4.33. The Morgan fingerprint density at radius 3 is 1.44 bits per heavy atom. The highest BCUT2D eigenvalue weighted by atomic mass is 16.5. The fourth-order valence-electron chi connectivity index (χ4n) is 2.59. The molecule has 1 saturated carbocycles. The van der Waals surface area contributed by atoms with Crippen molar-refractivity contribution in [3.63, 3.8) is 0 Å². The molecule has 6 nitrogen and oxygen atoms in total. The minimum atomic E-state index is 0.0577. The number of rotatable bonds is 8. The Hall–Kier alpha value is -3.02. The lowest BCUT2D eigenvalue weighted by Gasteiger charge is -2.08. The van der Waals surface area contributed by atoms with Crippen molar-refractivity contribution in [3.05, 3.63) is 59.7 Å². The summed E-state index contributed by atoms with van der Waals surface area (Å²) in [7, 11) is 0. The molecule has 2 aromatic carbocycles. The highest BCUT2D eigenvalue weighted by Gasteiger charge is 2.38. The average Bonchev–Trinajstić information content (AvgIpc) is 3.37. The van der Waals surface area contributed by atoms with Crippen LogP contribution in [0.5, 0.6) is 11.5 Å². The van der Waals surface area contributed by atoms with Gasteiger partial charge in [-0.25, -0.2) is 0 Å². The summed E-state index contributed by atoms with van der Waals surface area (Å²) < 4.78 is 11.6. The zero-order valence-corrected chi connectivity index (χ0v) is 13.9. The van der Waals surface area contributed by atoms with Crippen molar-refractivity contribution < 1.29 is 9.47 Å². The number of amidine groups is 2. The zero-order valence-electron chi connectivity index (χ0n) is 13.9. The molecule has 6 heteroatoms. The third kappa shape index (κ3) is 4.50. The molecule has 0 aromatic heterocycles. The summed E-state index contributed by atoms with van der Waals surface area (Å²) in [5, 5.41) is 14.7. The molecule has 2 aromatic rings. The minimum Gasteiger partial charge on any atom is -0.493 e. The second-order valence-electron chi connectivity index (χ2n) is 6.25. The summed E-state index contributed by atoms with van der Waals surface area (Å²) in [4.78, 5) is 0. The van der Waals surface area contributed by atoms with Crippen molar-refractivity contribution in [2.45, 2.75) is 6.42 Å². The molecule has 0 heterocycles. The van der Waals surface area contributed by atoms with Crippen LogP contribution in [0.25, 0.3) is 0 Å². The molecule has 0 spiro atoms. The predicted molar refractivity (Wildman–Crippen MR) is 97.5 cm³/mol. The number of hydrogen-bond donors (Lipinski definition) is 4. The van der Waals surface area contributed by atoms with Gasteiger partial charge in [-0.2, -0.15) is 0 Å². The van der Waals surface area contributed by atoms with Gasteiger partial charge in [0, 0.05) is 11.1 Å². The highest BCUT2D eigenvalue weighted by molar-refractivity contribution is 5.95. The maximum atomic E-state index is 7.37. The molecule has 0 saturated heterocycles. The molecule has 2 atom stereocenters. The lowest BCUT2D eigenvalue weighted by atomic mass is 10.2. The lowest BCUT2D eigenvalue weighted by Crippen LogP contribution is -2.11. The summed E-state index contributed by atoms with van der Waals surface area (Å²) in [6.07, 6.45) is 1.09. The molecular formula is C19H22N4O2. The van der Waals surface area contributed by atoms with Gasteiger partial charge < -0.3 is 20.9 Å². The number of hydrogen-bond acceptors (Lipinski definition) is 4. The maximum absolute atomic E-state index is 7.37. The molecule has 6 N–H and O–H groups in total. The molecule has 0 amide bonds. The zero-order chi connectivity index (χ0) is 17.8. The molecule has 1 aliphatic rings. The van der Waals surface area contributed by atoms with E-state index in [1.807, 2.05) is 24.3 Å². The second-order valence-corrected chi connectivity index (χ2v) is 6.25. The number of benzene rings is 2. The highest BCUT2D eigenvalue weighted by Crippen LogP contribution is 2.39. The van der Waals surface area contributed by atoms with Crippen LogP contribution >= 0.6 is 0 Å². The molecule has 0 aliphatic heterocycles. The van der Waals surface area contributed by atoms with Crippen LogP contribution in [-0.2, 0) is 0 Å². The normalized spacial score (nSPS) is 18.4. The van der Waals surface area contributed by atoms with E-state index in [2.05, 4.69) is 0 Å². The minimum absolute atomic E-state index is 0.0577. The lowest BCUT2D eigenvalue weighted by molar-refractivity contribution is 0.256. The maximum Gasteiger partial charge on any atom is 0.122 e. The Morgan fingerprint density at radius 2 is 1.12 bits per heavy atom. The van der Waals surface area contributed by atoms with Gasteiger partial charge in [-0.15, -0.1) is 0 Å². The Bertz CT molecular complexity index is 690. The molecule has 1 fully saturated rings. The van der Waals surface area contributed by atoms with Crippen molar-refractivity contribution in [2.24, 2.45) is 23.3 Å². The van der Waals surface area contributed by atoms with Gasteiger partial charge in [0.05, 0.1) is 13.2 Å². The Kier molecular flexibility index (Phi) is 4.88. The van der Waals surface area contributed by atoms with E-state index in [0.29, 0.717) is 36.2 Å². The molecule has 25 heavy (non-hydrogen) atoms. The average molecular weight is 338 g/mol. The van der Waals surface area contributed by atoms with Crippen molar-refractivity contribution in [1.29, 1.82) is 10.8 Å². The number of ether oxygens (including phenoxy) is 2. The predicted octanol–water partition coefficient (Wildman–Crippen LogP) is 2.35. The first-order valence-electron chi connectivity index (χ1n) is 8.17. The van der Waals surface area contributed by atoms with Gasteiger partial charge in [-0.1, -0.05) is 0 Å². The van der Waals surface area contributed by atoms with Crippen LogP contribution in [-0.4, -0.2) is 24.9 Å². The van der Waals surface area contributed by atoms with E-state index < -0.39 is 0 Å². The van der Waals surface area contributed by atoms with E-state index in [1.54, 1.807) is 24.3 Å². The monoisotopic (exact) mass is 338 g/mol. The first-order valence-corrected chi connectivity index (χ1v) is 8.17. The van der Waals surface area contributed by atoms with E-state index in [-0.39, 0.29) is 11.7 Å². The van der Waals surface area contributed by atoms with E-state index in [1.165, 1.54) is 0 Å². The SMILES string of the molecule is N=C(N)c1ccc(OCC2C[C@H]2COc2ccc(C(=N)N)cc2)cc1. The standard InChI is InChI=1S/C19H22N4O2/c20-18(21)12-1-5-16(6-2-12)24-10-14-9-15(14)11-25-17-7-3-13(4-8-17)19(22)23/h1-8,14-15H,9-11H2,(H3,20,21)(H3,22,23)/t14-,15?/m0/s1. The number of nitrogens with two attached hydrogens (primary N) is 2. The molecule has 1 aliphatic carbocycles. The topological polar surface area (TPSA) is 118 Å². The summed E-state index contributed by atoms with van der Waals surface area (Å²) in [6.45, 7) is 1.33. The van der Waals surface area contributed by atoms with Gasteiger partial charge in [-0.05, 0) is 66.8 Å². The van der Waals surface area contributed by atoms with Gasteiger partial charge >= 0.3 is 0 Å². The van der Waals surface area contributed by atoms with Crippen molar-refractivity contribution >= 4 is 11.7 Å². The van der Waals surface area contributed by atoms with E-state index in [0.717, 1.165) is 17.9 Å². The van der Waals surface area contributed by atoms with Crippen LogP contribution in [0.4, 0.5) is 0 Å². The van der Waals surface area contributed by atoms with E-state index in [9.17, 15) is 0 Å². The van der Waals surface area contributed by atoms with E-state index >= 15 is 0 Å². The van der Waals surface area contributed by atoms with Crippen molar-refractivity contribution in [1.82, 2.24) is 0 Å². The van der Waals surface area contributed by atoms with Crippen LogP contribution in [0.2, 0.25) is 0 Å². The smallest absolute Gasteiger partial charge is 0.122 e. The summed E-state index contributed by atoms with van der Waals surface area (Å²) in [5.41, 5.74) is 12.3. The van der Waals surface area contributed by atoms with Crippen LogP contribution < -0.4 is 20.9 Å². The van der Waals surface area contributed by atoms with Crippen LogP contribution in [0.15, 0.2) is 48.5 Å². The largest absolute Gasteiger partial charge is 0.493 e. The number of nitrogens with one attached hydrogen (secondary N) is 2. The van der Waals surface area contributed by atoms with Crippen molar-refractivity contribution in [2.75, 3.05) is 13.2 Å². The van der Waals surface area contributed by atoms with Gasteiger partial charge in [0.2, 0.25) is 0 Å². The van der Waals surface area contributed by atoms with Crippen LogP contribution in [0.1, 0.15) is 17.5 Å². The summed E-state index contributed by atoms with van der Waals surface area (Å²) in [6, 6.07) is 14.5. The molecular weight excluding hydrogens is 316 g/mol. The van der Waals surface area contributed by atoms with E-state index in [4.69, 9.17) is 31.8 Å². The van der Waals surface area contributed by atoms with Crippen molar-refractivity contribution in [3.8, 4) is 11.5 Å². The molecule has 3 rings (SSSR count). The van der Waals surface area contributed by atoms with Gasteiger partial charge in [0.1, 0.15) is 23.2 Å². The van der Waals surface area contributed by atoms with Gasteiger partial charge in [0.15, 0.2) is 0 Å². The molecule has 0 bridgehead atoms. The number of nitrogen functional groups attached to an aromatic ring is 2. The Morgan fingerprint density at radius 1 is 0.760 bits per heavy atom. The summed E-state index contributed by atoms with van der Waals surface area (Å²) >= 11 is 0. The Labute approximate surface area is 146 Å². The first kappa shape index (κ1) is 16.8. The van der Waals surface area contributed by atoms with Crippen LogP contribution in [0, 0.1) is 22.7 Å². The van der Waals surface area contributed by atoms with Gasteiger partial charge in [0.25, 0.3) is 0 Å². The Balaban J connectivity index is 1.39. The fourth-order valence-corrected chi connectivity index (χ4v) is 2.59. The fraction of sp³-hybridized carbons (Fsp3) is 0.263. The van der Waals surface area contributed by atoms with Gasteiger partial charge in [-0.3, -0.25) is 10.8 Å². The molecule has 0 radical (unpaired) electrons. The third-order valence-corrected chi connectivity index (χ3v) is 4.33. The molecule has 1 unspecified atom stereocenters. The first-order chi connectivity index (χ1) is 12.0. The summed E-state index contributed by atoms with van der Waals surface area (Å²) in [5.74, 6) is 2.70. The molecule has 130 valence electrons. The second kappa shape index (κ2) is 7.25. The quantitative estimate of drug-likeness (QED) is 0.436.